The molecule has 0 saturated heterocycles. The van der Waals surface area contributed by atoms with Crippen LogP contribution in [0.3, 0.4) is 0 Å². The van der Waals surface area contributed by atoms with E-state index in [1.807, 2.05) is 32.2 Å². The first-order valence-electron chi connectivity index (χ1n) is 7.53. The molecule has 4 nitrogen and oxygen atoms in total. The molecule has 2 aromatic rings. The zero-order valence-electron chi connectivity index (χ0n) is 12.6. The molecule has 2 heterocycles. The molecule has 4 heteroatoms. The Morgan fingerprint density at radius 3 is 2.76 bits per heavy atom. The Bertz CT molecular complexity index is 652. The highest BCUT2D eigenvalue weighted by Gasteiger charge is 2.15. The fraction of sp³-hybridized carbons (Fsp3) is 0.412. The first-order valence-corrected chi connectivity index (χ1v) is 7.53. The van der Waals surface area contributed by atoms with Gasteiger partial charge in [0, 0.05) is 29.9 Å². The Labute approximate surface area is 125 Å². The van der Waals surface area contributed by atoms with Crippen molar-refractivity contribution in [1.82, 2.24) is 15.1 Å². The molecule has 1 aliphatic rings. The normalized spacial score (nSPS) is 13.8. The molecule has 1 N–H and O–H groups in total. The van der Waals surface area contributed by atoms with Crippen LogP contribution >= 0.6 is 0 Å². The monoisotopic (exact) mass is 283 g/mol. The number of aromatic nitrogens is 2. The lowest BCUT2D eigenvalue weighted by molar-refractivity contribution is 0.0950. The number of carbonyl (C=O) groups is 1. The highest BCUT2D eigenvalue weighted by molar-refractivity contribution is 5.94. The smallest absolute Gasteiger partial charge is 0.251 e. The molecule has 1 amide bonds. The molecule has 0 bridgehead atoms. The number of hydrogen-bond acceptors (Lipinski definition) is 2. The Balaban J connectivity index is 1.70. The number of carbonyl (C=O) groups excluding carboxylic acids is 1. The largest absolute Gasteiger partial charge is 0.348 e. The van der Waals surface area contributed by atoms with E-state index in [4.69, 9.17) is 0 Å². The molecule has 0 fully saturated rings. The molecular formula is C17H21N3O. The summed E-state index contributed by atoms with van der Waals surface area (Å²) >= 11 is 0. The SMILES string of the molecule is Cc1cc(C)cc(C(=O)NCc2cnn3c2CCCC3)c1. The number of fused-ring (bicyclic) bond motifs is 1. The average molecular weight is 283 g/mol. The molecular weight excluding hydrogens is 262 g/mol. The fourth-order valence-corrected chi connectivity index (χ4v) is 3.02. The second-order valence-electron chi connectivity index (χ2n) is 5.86. The Kier molecular flexibility index (Phi) is 3.78. The Morgan fingerprint density at radius 1 is 1.24 bits per heavy atom. The molecule has 3 rings (SSSR count). The molecule has 0 saturated carbocycles. The van der Waals surface area contributed by atoms with Gasteiger partial charge in [-0.15, -0.1) is 0 Å². The number of rotatable bonds is 3. The van der Waals surface area contributed by atoms with Crippen molar-refractivity contribution in [3.8, 4) is 0 Å². The van der Waals surface area contributed by atoms with Crippen molar-refractivity contribution in [3.63, 3.8) is 0 Å². The van der Waals surface area contributed by atoms with Crippen molar-refractivity contribution in [3.05, 3.63) is 52.3 Å². The van der Waals surface area contributed by atoms with Gasteiger partial charge in [0.1, 0.15) is 0 Å². The molecule has 0 unspecified atom stereocenters. The Hall–Kier alpha value is -2.10. The summed E-state index contributed by atoms with van der Waals surface area (Å²) < 4.78 is 2.07. The van der Waals surface area contributed by atoms with Gasteiger partial charge in [-0.2, -0.15) is 5.10 Å². The number of amides is 1. The van der Waals surface area contributed by atoms with Gasteiger partial charge in [0.15, 0.2) is 0 Å². The quantitative estimate of drug-likeness (QED) is 0.941. The van der Waals surface area contributed by atoms with Gasteiger partial charge < -0.3 is 5.32 Å². The fourth-order valence-electron chi connectivity index (χ4n) is 3.02. The summed E-state index contributed by atoms with van der Waals surface area (Å²) in [4.78, 5) is 12.3. The van der Waals surface area contributed by atoms with Gasteiger partial charge in [0.2, 0.25) is 0 Å². The van der Waals surface area contributed by atoms with Crippen LogP contribution < -0.4 is 5.32 Å². The molecule has 110 valence electrons. The predicted octanol–water partition coefficient (Wildman–Crippen LogP) is 2.77. The van der Waals surface area contributed by atoms with Gasteiger partial charge in [0.05, 0.1) is 6.20 Å². The van der Waals surface area contributed by atoms with Crippen LogP contribution in [0.15, 0.2) is 24.4 Å². The summed E-state index contributed by atoms with van der Waals surface area (Å²) in [6.45, 7) is 5.58. The van der Waals surface area contributed by atoms with E-state index in [2.05, 4.69) is 21.2 Å². The number of nitrogens with one attached hydrogen (secondary N) is 1. The molecule has 0 atom stereocenters. The summed E-state index contributed by atoms with van der Waals surface area (Å²) in [7, 11) is 0. The molecule has 1 aromatic heterocycles. The second kappa shape index (κ2) is 5.72. The third-order valence-electron chi connectivity index (χ3n) is 3.99. The third-order valence-corrected chi connectivity index (χ3v) is 3.99. The van der Waals surface area contributed by atoms with Crippen molar-refractivity contribution in [2.24, 2.45) is 0 Å². The van der Waals surface area contributed by atoms with Gasteiger partial charge in [-0.25, -0.2) is 0 Å². The summed E-state index contributed by atoms with van der Waals surface area (Å²) in [6.07, 6.45) is 5.37. The number of nitrogens with zero attached hydrogens (tertiary/aromatic N) is 2. The van der Waals surface area contributed by atoms with E-state index in [1.165, 1.54) is 18.5 Å². The van der Waals surface area contributed by atoms with Crippen molar-refractivity contribution in [2.75, 3.05) is 0 Å². The van der Waals surface area contributed by atoms with Crippen LogP contribution in [0.1, 0.15) is 45.6 Å². The minimum atomic E-state index is -0.0161. The number of aryl methyl sites for hydroxylation is 3. The summed E-state index contributed by atoms with van der Waals surface area (Å²) in [6, 6.07) is 5.93. The third kappa shape index (κ3) is 2.99. The zero-order valence-corrected chi connectivity index (χ0v) is 12.6. The molecule has 21 heavy (non-hydrogen) atoms. The van der Waals surface area contributed by atoms with Crippen molar-refractivity contribution in [1.29, 1.82) is 0 Å². The maximum atomic E-state index is 12.3. The van der Waals surface area contributed by atoms with Crippen molar-refractivity contribution < 1.29 is 4.79 Å². The number of benzene rings is 1. The van der Waals surface area contributed by atoms with Crippen molar-refractivity contribution >= 4 is 5.91 Å². The summed E-state index contributed by atoms with van der Waals surface area (Å²) in [5.41, 5.74) is 5.38. The lowest BCUT2D eigenvalue weighted by Gasteiger charge is -2.15. The summed E-state index contributed by atoms with van der Waals surface area (Å²) in [5.74, 6) is -0.0161. The minimum Gasteiger partial charge on any atom is -0.348 e. The topological polar surface area (TPSA) is 46.9 Å². The van der Waals surface area contributed by atoms with Crippen LogP contribution in [0.25, 0.3) is 0 Å². The zero-order chi connectivity index (χ0) is 14.8. The minimum absolute atomic E-state index is 0.0161. The molecule has 1 aliphatic heterocycles. The number of hydrogen-bond donors (Lipinski definition) is 1. The first kappa shape index (κ1) is 13.9. The highest BCUT2D eigenvalue weighted by atomic mass is 16.1. The van der Waals surface area contributed by atoms with E-state index in [0.717, 1.165) is 35.2 Å². The highest BCUT2D eigenvalue weighted by Crippen LogP contribution is 2.18. The lowest BCUT2D eigenvalue weighted by Crippen LogP contribution is -2.24. The van der Waals surface area contributed by atoms with Crippen LogP contribution in [0, 0.1) is 13.8 Å². The molecule has 0 radical (unpaired) electrons. The average Bonchev–Trinajstić information content (AvgIpc) is 2.87. The van der Waals surface area contributed by atoms with Crippen LogP contribution in [0.4, 0.5) is 0 Å². The standard InChI is InChI=1S/C17H21N3O/c1-12-7-13(2)9-14(8-12)17(21)18-10-15-11-19-20-6-4-3-5-16(15)20/h7-9,11H,3-6,10H2,1-2H3,(H,18,21). The van der Waals surface area contributed by atoms with E-state index in [0.29, 0.717) is 6.54 Å². The van der Waals surface area contributed by atoms with Gasteiger partial charge >= 0.3 is 0 Å². The van der Waals surface area contributed by atoms with Crippen LogP contribution in [-0.2, 0) is 19.5 Å². The first-order chi connectivity index (χ1) is 10.1. The molecule has 0 spiro atoms. The van der Waals surface area contributed by atoms with Crippen LogP contribution in [-0.4, -0.2) is 15.7 Å². The van der Waals surface area contributed by atoms with E-state index in [-0.39, 0.29) is 5.91 Å². The maximum Gasteiger partial charge on any atom is 0.251 e. The van der Waals surface area contributed by atoms with Gasteiger partial charge in [0.25, 0.3) is 5.91 Å². The van der Waals surface area contributed by atoms with E-state index in [1.54, 1.807) is 0 Å². The molecule has 0 aliphatic carbocycles. The van der Waals surface area contributed by atoms with E-state index >= 15 is 0 Å². The predicted molar refractivity (Wildman–Crippen MR) is 82.3 cm³/mol. The van der Waals surface area contributed by atoms with Crippen LogP contribution in [0.2, 0.25) is 0 Å². The van der Waals surface area contributed by atoms with Gasteiger partial charge in [-0.3, -0.25) is 9.48 Å². The maximum absolute atomic E-state index is 12.3. The molecule has 1 aromatic carbocycles. The summed E-state index contributed by atoms with van der Waals surface area (Å²) in [5, 5.41) is 7.41. The van der Waals surface area contributed by atoms with Gasteiger partial charge in [-0.05, 0) is 45.2 Å². The van der Waals surface area contributed by atoms with E-state index in [9.17, 15) is 4.79 Å². The van der Waals surface area contributed by atoms with Crippen LogP contribution in [0.5, 0.6) is 0 Å². The Morgan fingerprint density at radius 2 is 2.00 bits per heavy atom. The van der Waals surface area contributed by atoms with E-state index < -0.39 is 0 Å². The van der Waals surface area contributed by atoms with Crippen molar-refractivity contribution in [2.45, 2.75) is 46.2 Å². The second-order valence-corrected chi connectivity index (χ2v) is 5.86. The van der Waals surface area contributed by atoms with Gasteiger partial charge in [-0.1, -0.05) is 17.2 Å². The lowest BCUT2D eigenvalue weighted by atomic mass is 10.1.